The first kappa shape index (κ1) is 50.9. The molecule has 2 N–H and O–H groups in total. The van der Waals surface area contributed by atoms with Crippen molar-refractivity contribution >= 4 is 54.7 Å². The molecule has 2 saturated heterocycles. The lowest BCUT2D eigenvalue weighted by molar-refractivity contribution is -0.145. The Hall–Kier alpha value is -4.48. The van der Waals surface area contributed by atoms with Crippen LogP contribution in [0.15, 0.2) is 112 Å². The van der Waals surface area contributed by atoms with Gasteiger partial charge in [-0.25, -0.2) is 26.8 Å². The summed E-state index contributed by atoms with van der Waals surface area (Å²) in [4.78, 5) is 12.5. The highest BCUT2D eigenvalue weighted by atomic mass is 35.5. The number of nitrogens with zero attached hydrogens (tertiary/aromatic N) is 5. The van der Waals surface area contributed by atoms with E-state index in [0.29, 0.717) is 95.1 Å². The van der Waals surface area contributed by atoms with E-state index in [4.69, 9.17) is 16.3 Å². The van der Waals surface area contributed by atoms with Crippen molar-refractivity contribution in [2.24, 2.45) is 0 Å². The minimum atomic E-state index is -6.18. The van der Waals surface area contributed by atoms with Crippen LogP contribution in [0.5, 0.6) is 0 Å². The minimum absolute atomic E-state index is 0.0117. The predicted molar refractivity (Wildman–Crippen MR) is 253 cm³/mol. The molecule has 69 heavy (non-hydrogen) atoms. The smallest absolute Gasteiger partial charge is 0.380 e. The lowest BCUT2D eigenvalue weighted by atomic mass is 9.96. The zero-order valence-corrected chi connectivity index (χ0v) is 40.4. The molecule has 3 aliphatic rings. The highest BCUT2D eigenvalue weighted by molar-refractivity contribution is 7.99. The van der Waals surface area contributed by atoms with Gasteiger partial charge in [0.2, 0.25) is 5.82 Å². The number of morpholine rings is 1. The predicted octanol–water partition coefficient (Wildman–Crippen LogP) is 9.23. The Labute approximate surface area is 406 Å². The van der Waals surface area contributed by atoms with Crippen LogP contribution in [-0.4, -0.2) is 117 Å². The van der Waals surface area contributed by atoms with Crippen LogP contribution in [0, 0.1) is 0 Å². The number of halogens is 7. The number of alkyl halides is 6. The Morgan fingerprint density at radius 3 is 2.20 bits per heavy atom. The van der Waals surface area contributed by atoms with Crippen molar-refractivity contribution < 1.29 is 47.9 Å². The number of nitrogens with one attached hydrogen (secondary N) is 2. The average Bonchev–Trinajstić information content (AvgIpc) is 3.33. The summed E-state index contributed by atoms with van der Waals surface area (Å²) < 4.78 is 148. The number of hydrogen-bond donors (Lipinski definition) is 2. The first-order valence-electron chi connectivity index (χ1n) is 22.3. The number of likely N-dealkylation sites (tertiary alicyclic amines) is 1. The van der Waals surface area contributed by atoms with E-state index >= 15 is 0 Å². The molecule has 22 heteroatoms. The lowest BCUT2D eigenvalue weighted by Gasteiger charge is -2.40. The average molecular weight is 1040 g/mol. The zero-order chi connectivity index (χ0) is 49.0. The largest absolute Gasteiger partial charge is 0.501 e. The van der Waals surface area contributed by atoms with Crippen LogP contribution >= 0.6 is 23.4 Å². The van der Waals surface area contributed by atoms with Gasteiger partial charge in [0.25, 0.3) is 19.9 Å². The number of thioether (sulfide) groups is 1. The van der Waals surface area contributed by atoms with E-state index in [9.17, 15) is 43.2 Å². The van der Waals surface area contributed by atoms with Gasteiger partial charge < -0.3 is 10.1 Å². The second-order valence-electron chi connectivity index (χ2n) is 17.1. The van der Waals surface area contributed by atoms with Crippen molar-refractivity contribution in [1.29, 1.82) is 0 Å². The Morgan fingerprint density at radius 1 is 0.812 bits per heavy atom. The van der Waals surface area contributed by atoms with Crippen molar-refractivity contribution in [1.82, 2.24) is 24.7 Å². The molecule has 1 atom stereocenters. The molecular weight excluding hydrogens is 988 g/mol. The summed E-state index contributed by atoms with van der Waals surface area (Å²) >= 11 is 7.52. The second kappa shape index (κ2) is 21.5. The van der Waals surface area contributed by atoms with Gasteiger partial charge in [-0.15, -0.1) is 11.8 Å². The van der Waals surface area contributed by atoms with Gasteiger partial charge >= 0.3 is 11.7 Å². The van der Waals surface area contributed by atoms with Gasteiger partial charge in [0.15, 0.2) is 0 Å². The fraction of sp³-hybridized carbons (Fsp3) is 0.404. The summed E-state index contributed by atoms with van der Waals surface area (Å²) in [5.41, 5.74) is -3.00. The van der Waals surface area contributed by atoms with E-state index in [-0.39, 0.29) is 30.3 Å². The van der Waals surface area contributed by atoms with Crippen LogP contribution in [0.2, 0.25) is 5.02 Å². The number of aromatic nitrogens is 2. The van der Waals surface area contributed by atoms with Gasteiger partial charge in [0.05, 0.1) is 29.5 Å². The van der Waals surface area contributed by atoms with Crippen LogP contribution in [0.1, 0.15) is 41.9 Å². The van der Waals surface area contributed by atoms with E-state index in [0.717, 1.165) is 33.7 Å². The highest BCUT2D eigenvalue weighted by Crippen LogP contribution is 2.39. The number of sulfone groups is 1. The highest BCUT2D eigenvalue weighted by Gasteiger charge is 2.49. The number of rotatable bonds is 16. The van der Waals surface area contributed by atoms with E-state index in [1.807, 2.05) is 71.6 Å². The van der Waals surface area contributed by atoms with Crippen LogP contribution in [0.4, 0.5) is 37.8 Å². The normalized spacial score (nSPS) is 17.6. The topological polar surface area (TPSA) is 137 Å². The Balaban J connectivity index is 1.01. The number of benzene rings is 4. The molecule has 0 unspecified atom stereocenters. The molecule has 8 rings (SSSR count). The van der Waals surface area contributed by atoms with Crippen LogP contribution < -0.4 is 10.0 Å². The molecule has 0 amide bonds. The first-order valence-corrected chi connectivity index (χ1v) is 26.7. The molecule has 2 fully saturated rings. The number of anilines is 2. The molecule has 12 nitrogen and oxygen atoms in total. The molecule has 0 bridgehead atoms. The van der Waals surface area contributed by atoms with E-state index in [1.165, 1.54) is 11.8 Å². The Bertz CT molecular complexity index is 2800. The van der Waals surface area contributed by atoms with E-state index < -0.39 is 64.7 Å². The number of piperidine rings is 1. The third-order valence-corrected chi connectivity index (χ3v) is 16.8. The SMILES string of the molecule is O=S(=O)(Nc1nc(C(F)(F)F)nc2c1CCN(C1CCN(Cc3ccccc3-c3ccc(Cl)cc3)CC1)C2)c1ccc(N[C@H](CCN2CCOCC2)CSc2ccccc2)c(S(=O)(=O)C(F)(F)F)c1. The van der Waals surface area contributed by atoms with Crippen molar-refractivity contribution in [3.8, 4) is 11.1 Å². The molecule has 1 aromatic heterocycles. The van der Waals surface area contributed by atoms with Gasteiger partial charge in [0.1, 0.15) is 10.7 Å². The lowest BCUT2D eigenvalue weighted by Crippen LogP contribution is -2.46. The van der Waals surface area contributed by atoms with Crippen molar-refractivity contribution in [3.05, 3.63) is 125 Å². The summed E-state index contributed by atoms with van der Waals surface area (Å²) in [6.45, 7) is 5.21. The summed E-state index contributed by atoms with van der Waals surface area (Å²) in [5, 5.41) is 3.59. The number of hydrogen-bond acceptors (Lipinski definition) is 12. The van der Waals surface area contributed by atoms with Crippen molar-refractivity contribution in [2.45, 2.75) is 77.2 Å². The van der Waals surface area contributed by atoms with Gasteiger partial charge in [-0.1, -0.05) is 66.2 Å². The van der Waals surface area contributed by atoms with Gasteiger partial charge in [-0.05, 0) is 97.9 Å². The molecule has 4 aromatic carbocycles. The fourth-order valence-corrected chi connectivity index (χ4v) is 12.0. The summed E-state index contributed by atoms with van der Waals surface area (Å²) in [5.74, 6) is -1.99. The monoisotopic (exact) mass is 1040 g/mol. The number of sulfonamides is 1. The molecule has 5 aromatic rings. The summed E-state index contributed by atoms with van der Waals surface area (Å²) in [7, 11) is -11.2. The second-order valence-corrected chi connectivity index (χ2v) is 22.3. The molecule has 0 aliphatic carbocycles. The summed E-state index contributed by atoms with van der Waals surface area (Å²) in [6.07, 6.45) is -3.23. The van der Waals surface area contributed by atoms with Crippen LogP contribution in [0.25, 0.3) is 11.1 Å². The molecule has 4 heterocycles. The minimum Gasteiger partial charge on any atom is -0.380 e. The number of ether oxygens (including phenoxy) is 1. The maximum absolute atomic E-state index is 14.4. The fourth-order valence-electron chi connectivity index (χ4n) is 8.84. The molecule has 0 radical (unpaired) electrons. The Kier molecular flexibility index (Phi) is 15.8. The zero-order valence-electron chi connectivity index (χ0n) is 37.1. The molecule has 0 spiro atoms. The van der Waals surface area contributed by atoms with Gasteiger partial charge in [0, 0.05) is 72.6 Å². The van der Waals surface area contributed by atoms with E-state index in [2.05, 4.69) is 41.9 Å². The van der Waals surface area contributed by atoms with Crippen LogP contribution in [-0.2, 0) is 50.3 Å². The maximum atomic E-state index is 14.4. The number of fused-ring (bicyclic) bond motifs is 1. The quantitative estimate of drug-likeness (QED) is 0.0721. The standard InChI is InChI=1S/C47H50ClF6N7O5S3/c48-34-12-10-32(11-13-34)39-9-5-4-6-33(39)29-60-21-17-36(18-22-60)61-23-19-40-42(30-61)56-45(46(49,50)51)57-44(40)58-69(64,65)38-14-15-41(43(28-38)68(62,63)47(52,53)54)55-35(16-20-59-24-26-66-27-25-59)31-67-37-7-2-1-3-8-37/h1-15,28,35-36,55H,16-27,29-31H2,(H,56,57,58)/t35-/m1/s1. The molecular formula is C47H50ClF6N7O5S3. The summed E-state index contributed by atoms with van der Waals surface area (Å²) in [6, 6.07) is 26.5. The maximum Gasteiger partial charge on any atom is 0.501 e. The van der Waals surface area contributed by atoms with Crippen LogP contribution in [0.3, 0.4) is 0 Å². The van der Waals surface area contributed by atoms with Crippen molar-refractivity contribution in [3.63, 3.8) is 0 Å². The molecule has 3 aliphatic heterocycles. The van der Waals surface area contributed by atoms with Crippen molar-refractivity contribution in [2.75, 3.05) is 68.3 Å². The molecule has 0 saturated carbocycles. The molecule has 370 valence electrons. The van der Waals surface area contributed by atoms with Gasteiger partial charge in [-0.3, -0.25) is 19.4 Å². The Morgan fingerprint density at radius 2 is 1.51 bits per heavy atom. The first-order chi connectivity index (χ1) is 32.8. The third kappa shape index (κ3) is 12.5. The van der Waals surface area contributed by atoms with E-state index in [1.54, 1.807) is 0 Å². The third-order valence-electron chi connectivity index (χ3n) is 12.5. The van der Waals surface area contributed by atoms with Gasteiger partial charge in [-0.2, -0.15) is 26.3 Å².